The van der Waals surface area contributed by atoms with Crippen molar-refractivity contribution in [2.75, 3.05) is 6.61 Å². The van der Waals surface area contributed by atoms with Crippen molar-refractivity contribution in [3.63, 3.8) is 0 Å². The van der Waals surface area contributed by atoms with E-state index in [1.807, 2.05) is 17.0 Å². The zero-order chi connectivity index (χ0) is 13.7. The van der Waals surface area contributed by atoms with E-state index < -0.39 is 0 Å². The minimum absolute atomic E-state index is 0.144. The number of carbonyl (C=O) groups excluding carboxylic acids is 1. The molecule has 0 aliphatic heterocycles. The summed E-state index contributed by atoms with van der Waals surface area (Å²) in [5.74, 6) is -0.144. The second kappa shape index (κ2) is 7.01. The number of nitrogens with zero attached hydrogens (tertiary/aromatic N) is 2. The first-order valence-corrected chi connectivity index (χ1v) is 7.88. The molecule has 1 heterocycles. The van der Waals surface area contributed by atoms with Crippen LogP contribution >= 0.6 is 11.3 Å². The summed E-state index contributed by atoms with van der Waals surface area (Å²) in [6, 6.07) is 0.439. The summed E-state index contributed by atoms with van der Waals surface area (Å²) in [6.07, 6.45) is 7.88. The van der Waals surface area contributed by atoms with Crippen molar-refractivity contribution >= 4 is 17.1 Å². The van der Waals surface area contributed by atoms with Gasteiger partial charge in [-0.2, -0.15) is 0 Å². The Labute approximate surface area is 117 Å². The minimum Gasteiger partial charge on any atom is -0.389 e. The average molecular weight is 282 g/mol. The number of hydrogen-bond donors (Lipinski definition) is 1. The molecule has 0 saturated heterocycles. The number of hydrogen-bond acceptors (Lipinski definition) is 4. The maximum Gasteiger partial charge on any atom is 0.184 e. The topological polar surface area (TPSA) is 54.6 Å². The Morgan fingerprint density at radius 1 is 1.42 bits per heavy atom. The molecule has 0 atom stereocenters. The fraction of sp³-hybridized carbons (Fsp3) is 0.714. The summed E-state index contributed by atoms with van der Waals surface area (Å²) >= 11 is 1.59. The lowest BCUT2D eigenvalue weighted by Gasteiger charge is -2.07. The van der Waals surface area contributed by atoms with Gasteiger partial charge in [0.1, 0.15) is 6.61 Å². The summed E-state index contributed by atoms with van der Waals surface area (Å²) < 4.78 is 1.99. The fourth-order valence-electron chi connectivity index (χ4n) is 2.48. The normalized spacial score (nSPS) is 18.5. The second-order valence-corrected chi connectivity index (χ2v) is 6.05. The number of aliphatic hydroxyl groups is 1. The lowest BCUT2D eigenvalue weighted by molar-refractivity contribution is -0.121. The lowest BCUT2D eigenvalue weighted by Crippen LogP contribution is -2.19. The Kier molecular flexibility index (Phi) is 5.34. The van der Waals surface area contributed by atoms with Gasteiger partial charge in [0.15, 0.2) is 10.6 Å². The molecular formula is C14H22N2O2S. The van der Waals surface area contributed by atoms with Crippen molar-refractivity contribution in [1.82, 2.24) is 4.57 Å². The molecule has 1 N–H and O–H groups in total. The van der Waals surface area contributed by atoms with E-state index in [1.165, 1.54) is 38.5 Å². The Balaban J connectivity index is 2.13. The molecule has 0 bridgehead atoms. The molecule has 2 rings (SSSR count). The highest BCUT2D eigenvalue weighted by Gasteiger charge is 2.12. The van der Waals surface area contributed by atoms with Gasteiger partial charge in [0.2, 0.25) is 0 Å². The fourth-order valence-corrected chi connectivity index (χ4v) is 3.45. The molecular weight excluding hydrogens is 260 g/mol. The van der Waals surface area contributed by atoms with Crippen LogP contribution < -0.4 is 4.80 Å². The molecule has 1 aromatic rings. The number of thiazole rings is 1. The van der Waals surface area contributed by atoms with E-state index in [9.17, 15) is 4.79 Å². The Morgan fingerprint density at radius 3 is 2.74 bits per heavy atom. The van der Waals surface area contributed by atoms with Crippen LogP contribution in [0.5, 0.6) is 0 Å². The molecule has 0 unspecified atom stereocenters. The van der Waals surface area contributed by atoms with Crippen molar-refractivity contribution in [3.8, 4) is 0 Å². The Morgan fingerprint density at radius 2 is 2.11 bits per heavy atom. The first-order valence-electron chi connectivity index (χ1n) is 7.00. The van der Waals surface area contributed by atoms with E-state index >= 15 is 0 Å². The van der Waals surface area contributed by atoms with E-state index in [2.05, 4.69) is 0 Å². The van der Waals surface area contributed by atoms with Crippen molar-refractivity contribution in [2.45, 2.75) is 51.0 Å². The molecule has 1 saturated carbocycles. The molecule has 0 amide bonds. The third-order valence-electron chi connectivity index (χ3n) is 3.69. The smallest absolute Gasteiger partial charge is 0.184 e. The second-order valence-electron chi connectivity index (χ2n) is 5.22. The maximum absolute atomic E-state index is 11.3. The molecule has 1 aliphatic rings. The van der Waals surface area contributed by atoms with Crippen LogP contribution in [0.4, 0.5) is 0 Å². The highest BCUT2D eigenvalue weighted by molar-refractivity contribution is 7.07. The number of carbonyl (C=O) groups is 1. The van der Waals surface area contributed by atoms with Crippen LogP contribution in [0.25, 0.3) is 0 Å². The molecule has 1 fully saturated rings. The Bertz CT molecular complexity index is 482. The quantitative estimate of drug-likeness (QED) is 0.856. The highest BCUT2D eigenvalue weighted by atomic mass is 32.1. The first-order chi connectivity index (χ1) is 9.20. The molecule has 1 aromatic heterocycles. The molecule has 0 aromatic carbocycles. The van der Waals surface area contributed by atoms with Gasteiger partial charge in [-0.1, -0.05) is 25.7 Å². The predicted molar refractivity (Wildman–Crippen MR) is 76.1 cm³/mol. The van der Waals surface area contributed by atoms with Gasteiger partial charge in [-0.15, -0.1) is 11.3 Å². The molecule has 0 spiro atoms. The predicted octanol–water partition coefficient (Wildman–Crippen LogP) is 1.81. The number of aromatic nitrogens is 1. The van der Waals surface area contributed by atoms with Gasteiger partial charge in [0, 0.05) is 24.5 Å². The third-order valence-corrected chi connectivity index (χ3v) is 4.67. The van der Waals surface area contributed by atoms with Gasteiger partial charge in [0.25, 0.3) is 0 Å². The van der Waals surface area contributed by atoms with E-state index in [4.69, 9.17) is 10.1 Å². The van der Waals surface area contributed by atoms with Crippen LogP contribution in [0.15, 0.2) is 10.4 Å². The van der Waals surface area contributed by atoms with Crippen molar-refractivity contribution in [3.05, 3.63) is 15.9 Å². The zero-order valence-electron chi connectivity index (χ0n) is 11.5. The van der Waals surface area contributed by atoms with Gasteiger partial charge >= 0.3 is 0 Å². The summed E-state index contributed by atoms with van der Waals surface area (Å²) in [4.78, 5) is 17.1. The number of aliphatic hydroxyl groups excluding tert-OH is 1. The minimum atomic E-state index is -0.384. The molecule has 1 aliphatic carbocycles. The molecule has 0 radical (unpaired) electrons. The van der Waals surface area contributed by atoms with Crippen LogP contribution in [0.1, 0.15) is 44.2 Å². The van der Waals surface area contributed by atoms with Crippen LogP contribution in [0, 0.1) is 0 Å². The van der Waals surface area contributed by atoms with E-state index in [0.717, 1.165) is 10.5 Å². The van der Waals surface area contributed by atoms with Gasteiger partial charge in [-0.3, -0.25) is 9.79 Å². The Hall–Kier alpha value is -0.940. The van der Waals surface area contributed by atoms with Crippen LogP contribution in [0.2, 0.25) is 0 Å². The van der Waals surface area contributed by atoms with Crippen molar-refractivity contribution in [2.24, 2.45) is 12.0 Å². The number of rotatable bonds is 4. The van der Waals surface area contributed by atoms with Gasteiger partial charge in [-0.05, 0) is 12.8 Å². The number of ketones is 1. The molecule has 19 heavy (non-hydrogen) atoms. The van der Waals surface area contributed by atoms with Crippen LogP contribution in [0.3, 0.4) is 0 Å². The zero-order valence-corrected chi connectivity index (χ0v) is 12.3. The van der Waals surface area contributed by atoms with Gasteiger partial charge in [0.05, 0.1) is 6.04 Å². The van der Waals surface area contributed by atoms with Crippen LogP contribution in [-0.4, -0.2) is 28.1 Å². The largest absolute Gasteiger partial charge is 0.389 e. The highest BCUT2D eigenvalue weighted by Crippen LogP contribution is 2.19. The summed E-state index contributed by atoms with van der Waals surface area (Å²) in [5, 5.41) is 10.8. The molecule has 4 nitrogen and oxygen atoms in total. The van der Waals surface area contributed by atoms with Gasteiger partial charge in [-0.25, -0.2) is 0 Å². The van der Waals surface area contributed by atoms with Crippen molar-refractivity contribution < 1.29 is 9.90 Å². The van der Waals surface area contributed by atoms with E-state index in [0.29, 0.717) is 12.5 Å². The standard InChI is InChI=1S/C14H22N2O2S/c1-16-12(8-13(18)9-17)10-19-14(16)15-11-6-4-2-3-5-7-11/h10-11,17H,2-9H2,1H3. The van der Waals surface area contributed by atoms with Crippen LogP contribution in [-0.2, 0) is 18.3 Å². The monoisotopic (exact) mass is 282 g/mol. The lowest BCUT2D eigenvalue weighted by atomic mass is 10.1. The average Bonchev–Trinajstić information content (AvgIpc) is 2.63. The summed E-state index contributed by atoms with van der Waals surface area (Å²) in [6.45, 7) is -0.384. The maximum atomic E-state index is 11.3. The summed E-state index contributed by atoms with van der Waals surface area (Å²) in [5.41, 5.74) is 0.941. The summed E-state index contributed by atoms with van der Waals surface area (Å²) in [7, 11) is 1.95. The van der Waals surface area contributed by atoms with E-state index in [-0.39, 0.29) is 12.4 Å². The van der Waals surface area contributed by atoms with E-state index in [1.54, 1.807) is 11.3 Å². The third kappa shape index (κ3) is 4.01. The first kappa shape index (κ1) is 14.5. The van der Waals surface area contributed by atoms with Crippen molar-refractivity contribution in [1.29, 1.82) is 0 Å². The number of Topliss-reactive ketones (excluding diaryl/α,β-unsaturated/α-hetero) is 1. The molecule has 5 heteroatoms. The molecule has 106 valence electrons. The SMILES string of the molecule is Cn1c(CC(=O)CO)csc1=NC1CCCCCC1. The van der Waals surface area contributed by atoms with Gasteiger partial charge < -0.3 is 9.67 Å².